The highest BCUT2D eigenvalue weighted by Crippen LogP contribution is 2.38. The Hall–Kier alpha value is -2.26. The maximum Gasteiger partial charge on any atom is 0.217 e. The minimum absolute atomic E-state index is 0.0632. The van der Waals surface area contributed by atoms with Crippen LogP contribution in [0.2, 0.25) is 0 Å². The van der Waals surface area contributed by atoms with Crippen LogP contribution in [-0.2, 0) is 66.4 Å². The van der Waals surface area contributed by atoms with E-state index in [-0.39, 0.29) is 19.6 Å². The Morgan fingerprint density at radius 1 is 0.377 bits per heavy atom. The number of carbonyl (C=O) groups excluding carboxylic acids is 2. The molecule has 448 valence electrons. The van der Waals surface area contributed by atoms with Gasteiger partial charge in [-0.15, -0.1) is 0 Å². The molecule has 0 aromatic rings. The second-order valence-electron chi connectivity index (χ2n) is 19.2. The number of nitrogens with one attached hydrogen (secondary N) is 2. The fraction of sp³-hybridized carbons (Fsp3) is 0.953. The quantitative estimate of drug-likeness (QED) is 0.0448. The second-order valence-corrected chi connectivity index (χ2v) is 19.2. The molecule has 6 saturated heterocycles. The first-order valence-electron chi connectivity index (χ1n) is 24.8. The lowest BCUT2D eigenvalue weighted by Crippen LogP contribution is -2.71. The molecule has 0 aromatic carbocycles. The molecule has 0 aliphatic carbocycles. The zero-order valence-corrected chi connectivity index (χ0v) is 41.6. The molecular formula is C43H75N3O31. The predicted octanol–water partition coefficient (Wildman–Crippen LogP) is -13.4. The monoisotopic (exact) mass is 1130 g/mol. The number of ether oxygens (including phenoxy) is 12. The molecule has 6 rings (SSSR count). The van der Waals surface area contributed by atoms with Crippen molar-refractivity contribution in [1.82, 2.24) is 10.6 Å². The van der Waals surface area contributed by atoms with Crippen molar-refractivity contribution in [3.05, 3.63) is 0 Å². The van der Waals surface area contributed by atoms with Crippen LogP contribution in [0.25, 0.3) is 0 Å². The van der Waals surface area contributed by atoms with Crippen molar-refractivity contribution in [3.8, 4) is 0 Å². The summed E-state index contributed by atoms with van der Waals surface area (Å²) in [5.41, 5.74) is 5.56. The smallest absolute Gasteiger partial charge is 0.217 e. The Balaban J connectivity index is 1.31. The van der Waals surface area contributed by atoms with E-state index in [9.17, 15) is 96.4 Å². The van der Waals surface area contributed by atoms with Gasteiger partial charge in [0.25, 0.3) is 0 Å². The maximum absolute atomic E-state index is 13.0. The van der Waals surface area contributed by atoms with E-state index < -0.39 is 236 Å². The highest BCUT2D eigenvalue weighted by molar-refractivity contribution is 5.73. The first-order chi connectivity index (χ1) is 36.6. The van der Waals surface area contributed by atoms with E-state index in [2.05, 4.69) is 10.6 Å². The standard InChI is InChI=1S/C43H75N3O31/c1-12(53)45-20-35(75-41-29(62)26(59)22(55)14(6-47)69-41)24(57)16(8-49)67-38(20)73-33-18(10-51)72-43(31(64)28(33)61)74-34-19(11-52)71-39(77-37-25(58)17(9-50)68-40(32(37)65)66-5-3-4-44)21(46-13(2)54)36(34)76-42-30(63)27(60)23(56)15(7-48)70-42/h14-43,47-52,55-65H,3-11,44H2,1-2H3,(H,45,53)(H,46,54)/t14?,15?,16?,17?,18?,19?,20?,21?,22-,23-,24+,25-,26+,27+,28-,29?,30?,31?,32?,33-,34-,35-,36-,37+,38+,39+,40+,41+,42+,43-/m1/s1. The lowest BCUT2D eigenvalue weighted by Gasteiger charge is -2.52. The van der Waals surface area contributed by atoms with Gasteiger partial charge >= 0.3 is 0 Å². The van der Waals surface area contributed by atoms with E-state index in [0.717, 1.165) is 13.8 Å². The summed E-state index contributed by atoms with van der Waals surface area (Å²) in [6.45, 7) is -3.71. The molecule has 0 radical (unpaired) electrons. The largest absolute Gasteiger partial charge is 0.394 e. The lowest BCUT2D eigenvalue weighted by atomic mass is 9.93. The number of aliphatic hydroxyl groups excluding tert-OH is 17. The summed E-state index contributed by atoms with van der Waals surface area (Å²) in [6, 6.07) is -3.52. The van der Waals surface area contributed by atoms with Crippen LogP contribution in [0.15, 0.2) is 0 Å². The SMILES string of the molecule is CC(=O)NC1[C@H](O[C@@H]2C(O)[C@@H](OCCCN)OC(CO)[C@H]2O)OC(CO)[C@@H](O[C@H]2OC(CO)[C@@H](O[C@@H]3OC(CO)[C@H](O)[C@H](O[C@@H]4OC(CO)[C@@H](O)[C@H](O)C4O)C3NC(C)=O)[C@H](O)C2O)[C@@H]1O[C@@H]1OC(CO)[C@@H](O)[C@H](O)C1O. The van der Waals surface area contributed by atoms with Gasteiger partial charge in [0, 0.05) is 13.8 Å². The molecule has 34 nitrogen and oxygen atoms in total. The number of aliphatic hydroxyl groups is 17. The second kappa shape index (κ2) is 28.6. The molecule has 34 heteroatoms. The molecule has 0 saturated carbocycles. The van der Waals surface area contributed by atoms with Crippen LogP contribution < -0.4 is 16.4 Å². The van der Waals surface area contributed by atoms with Crippen molar-refractivity contribution < 1.29 is 153 Å². The molecule has 0 aromatic heterocycles. The molecule has 12 unspecified atom stereocenters. The molecule has 6 aliphatic heterocycles. The Morgan fingerprint density at radius 2 is 0.714 bits per heavy atom. The molecule has 6 heterocycles. The zero-order chi connectivity index (χ0) is 56.7. The molecule has 2 amide bonds. The van der Waals surface area contributed by atoms with Gasteiger partial charge in [0.15, 0.2) is 37.7 Å². The third-order valence-electron chi connectivity index (χ3n) is 13.8. The van der Waals surface area contributed by atoms with Gasteiger partial charge in [0.05, 0.1) is 46.2 Å². The molecule has 0 spiro atoms. The third-order valence-corrected chi connectivity index (χ3v) is 13.8. The summed E-state index contributed by atoms with van der Waals surface area (Å²) in [7, 11) is 0. The molecule has 6 aliphatic rings. The van der Waals surface area contributed by atoms with E-state index >= 15 is 0 Å². The van der Waals surface area contributed by atoms with E-state index in [1.807, 2.05) is 0 Å². The van der Waals surface area contributed by atoms with Crippen molar-refractivity contribution in [3.63, 3.8) is 0 Å². The van der Waals surface area contributed by atoms with Crippen LogP contribution in [0.1, 0.15) is 20.3 Å². The lowest BCUT2D eigenvalue weighted by molar-refractivity contribution is -0.393. The van der Waals surface area contributed by atoms with Gasteiger partial charge in [-0.3, -0.25) is 9.59 Å². The van der Waals surface area contributed by atoms with Crippen molar-refractivity contribution in [2.45, 2.75) is 204 Å². The summed E-state index contributed by atoms with van der Waals surface area (Å²) < 4.78 is 70.3. The fourth-order valence-electron chi connectivity index (χ4n) is 9.72. The van der Waals surface area contributed by atoms with Gasteiger partial charge in [0.2, 0.25) is 11.8 Å². The van der Waals surface area contributed by atoms with Gasteiger partial charge in [-0.1, -0.05) is 0 Å². The number of nitrogens with two attached hydrogens (primary N) is 1. The van der Waals surface area contributed by atoms with Gasteiger partial charge in [-0.05, 0) is 13.0 Å². The van der Waals surface area contributed by atoms with E-state index in [1.54, 1.807) is 0 Å². The molecular weight excluding hydrogens is 1050 g/mol. The molecule has 0 bridgehead atoms. The van der Waals surface area contributed by atoms with E-state index in [0.29, 0.717) is 0 Å². The van der Waals surface area contributed by atoms with Crippen LogP contribution in [0.4, 0.5) is 0 Å². The fourth-order valence-corrected chi connectivity index (χ4v) is 9.72. The molecule has 21 N–H and O–H groups in total. The molecule has 77 heavy (non-hydrogen) atoms. The predicted molar refractivity (Wildman–Crippen MR) is 240 cm³/mol. The highest BCUT2D eigenvalue weighted by atomic mass is 16.8. The normalized spacial score (nSPS) is 47.8. The van der Waals surface area contributed by atoms with Crippen LogP contribution in [0.5, 0.6) is 0 Å². The number of carbonyl (C=O) groups is 2. The van der Waals surface area contributed by atoms with Gasteiger partial charge in [-0.2, -0.15) is 0 Å². The number of hydrogen-bond donors (Lipinski definition) is 20. The summed E-state index contributed by atoms with van der Waals surface area (Å²) in [5.74, 6) is -1.70. The minimum Gasteiger partial charge on any atom is -0.394 e. The van der Waals surface area contributed by atoms with Crippen molar-refractivity contribution in [1.29, 1.82) is 0 Å². The van der Waals surface area contributed by atoms with Crippen molar-refractivity contribution >= 4 is 11.8 Å². The van der Waals surface area contributed by atoms with E-state index in [1.165, 1.54) is 0 Å². The summed E-state index contributed by atoms with van der Waals surface area (Å²) in [5, 5.41) is 188. The Kier molecular flexibility index (Phi) is 23.8. The third kappa shape index (κ3) is 14.3. The van der Waals surface area contributed by atoms with E-state index in [4.69, 9.17) is 62.6 Å². The number of amides is 2. The van der Waals surface area contributed by atoms with Crippen molar-refractivity contribution in [2.24, 2.45) is 5.73 Å². The summed E-state index contributed by atoms with van der Waals surface area (Å²) in [4.78, 5) is 25.7. The Bertz CT molecular complexity index is 1820. The first kappa shape index (κ1) is 63.9. The maximum atomic E-state index is 13.0. The summed E-state index contributed by atoms with van der Waals surface area (Å²) in [6.07, 6.45) is -52.7. The molecule has 6 fully saturated rings. The minimum atomic E-state index is -2.30. The Labute approximate surface area is 438 Å². The van der Waals surface area contributed by atoms with Crippen LogP contribution in [0.3, 0.4) is 0 Å². The van der Waals surface area contributed by atoms with Crippen LogP contribution >= 0.6 is 0 Å². The summed E-state index contributed by atoms with van der Waals surface area (Å²) >= 11 is 0. The Morgan fingerprint density at radius 3 is 1.18 bits per heavy atom. The van der Waals surface area contributed by atoms with Crippen molar-refractivity contribution in [2.75, 3.05) is 52.8 Å². The molecule has 30 atom stereocenters. The van der Waals surface area contributed by atoms with Gasteiger partial charge in [0.1, 0.15) is 146 Å². The topological polar surface area (TPSA) is 539 Å². The zero-order valence-electron chi connectivity index (χ0n) is 41.6. The van der Waals surface area contributed by atoms with Gasteiger partial charge in [-0.25, -0.2) is 0 Å². The van der Waals surface area contributed by atoms with Crippen LogP contribution in [0, 0.1) is 0 Å². The highest BCUT2D eigenvalue weighted by Gasteiger charge is 2.59. The number of hydrogen-bond acceptors (Lipinski definition) is 32. The average Bonchev–Trinajstić information content (AvgIpc) is 3.42. The van der Waals surface area contributed by atoms with Crippen LogP contribution in [-0.4, -0.2) is 336 Å². The van der Waals surface area contributed by atoms with Gasteiger partial charge < -0.3 is 160 Å². The first-order valence-corrected chi connectivity index (χ1v) is 24.8. The number of rotatable bonds is 22. The average molecular weight is 1130 g/mol.